The van der Waals surface area contributed by atoms with Crippen molar-refractivity contribution in [2.75, 3.05) is 32.7 Å². The van der Waals surface area contributed by atoms with Gasteiger partial charge >= 0.3 is 5.97 Å². The summed E-state index contributed by atoms with van der Waals surface area (Å²) in [6.07, 6.45) is 2.00. The number of carbonyl (C=O) groups is 1. The molecule has 0 aliphatic carbocycles. The van der Waals surface area contributed by atoms with E-state index >= 15 is 0 Å². The molecular weight excluding hydrogens is 302 g/mol. The minimum Gasteiger partial charge on any atom is -0.478 e. The van der Waals surface area contributed by atoms with E-state index < -0.39 is 5.97 Å². The summed E-state index contributed by atoms with van der Waals surface area (Å²) in [4.78, 5) is 14.2. The maximum atomic E-state index is 11.7. The molecule has 0 radical (unpaired) electrons. The molecule has 2 N–H and O–H groups in total. The average molecular weight is 329 g/mol. The number of hydrogen-bond donors (Lipinski definition) is 2. The van der Waals surface area contributed by atoms with Crippen molar-refractivity contribution in [3.63, 3.8) is 0 Å². The summed E-state index contributed by atoms with van der Waals surface area (Å²) in [6.45, 7) is 10.5. The Hall–Kier alpha value is -1.85. The number of nitrogens with one attached hydrogen (secondary N) is 1. The highest BCUT2D eigenvalue weighted by Crippen LogP contribution is 2.30. The molecule has 0 spiro atoms. The van der Waals surface area contributed by atoms with Gasteiger partial charge in [-0.15, -0.1) is 0 Å². The number of aryl methyl sites for hydroxylation is 2. The smallest absolute Gasteiger partial charge is 0.336 e. The van der Waals surface area contributed by atoms with Crippen molar-refractivity contribution in [3.05, 3.63) is 35.0 Å². The Morgan fingerprint density at radius 3 is 2.71 bits per heavy atom. The largest absolute Gasteiger partial charge is 0.478 e. The zero-order valence-corrected chi connectivity index (χ0v) is 14.6. The third kappa shape index (κ3) is 3.19. The maximum Gasteiger partial charge on any atom is 0.336 e. The number of benzene rings is 1. The van der Waals surface area contributed by atoms with Gasteiger partial charge in [0.05, 0.1) is 5.56 Å². The summed E-state index contributed by atoms with van der Waals surface area (Å²) in [7, 11) is 0. The minimum absolute atomic E-state index is 0.431. The lowest BCUT2D eigenvalue weighted by molar-refractivity contribution is 0.0699. The van der Waals surface area contributed by atoms with Crippen LogP contribution in [-0.4, -0.2) is 53.3 Å². The minimum atomic E-state index is -0.836. The van der Waals surface area contributed by atoms with Crippen molar-refractivity contribution in [3.8, 4) is 0 Å². The molecule has 130 valence electrons. The predicted octanol–water partition coefficient (Wildman–Crippen LogP) is 2.51. The van der Waals surface area contributed by atoms with Crippen LogP contribution in [-0.2, 0) is 13.0 Å². The Balaban J connectivity index is 1.88. The second-order valence-electron chi connectivity index (χ2n) is 6.51. The van der Waals surface area contributed by atoms with Gasteiger partial charge in [0.15, 0.2) is 0 Å². The summed E-state index contributed by atoms with van der Waals surface area (Å²) < 4.78 is 2.24. The first-order valence-electron chi connectivity index (χ1n) is 8.90. The number of aromatic carboxylic acids is 1. The standard InChI is InChI=1S/C19H27N3O2/c1-3-22-14(2)15(7-5-11-21-12-9-20-10-13-21)18-16(19(23)24)6-4-8-17(18)22/h4,6,8,20H,3,5,7,9-13H2,1-2H3,(H,23,24). The van der Waals surface area contributed by atoms with Crippen molar-refractivity contribution in [1.29, 1.82) is 0 Å². The summed E-state index contributed by atoms with van der Waals surface area (Å²) >= 11 is 0. The van der Waals surface area contributed by atoms with E-state index in [-0.39, 0.29) is 0 Å². The van der Waals surface area contributed by atoms with E-state index in [2.05, 4.69) is 28.6 Å². The molecule has 1 aromatic carbocycles. The highest BCUT2D eigenvalue weighted by Gasteiger charge is 2.19. The van der Waals surface area contributed by atoms with Gasteiger partial charge in [-0.2, -0.15) is 0 Å². The number of piperazine rings is 1. The first-order valence-corrected chi connectivity index (χ1v) is 8.90. The molecule has 5 nitrogen and oxygen atoms in total. The van der Waals surface area contributed by atoms with Crippen LogP contribution in [0.1, 0.15) is 35.0 Å². The van der Waals surface area contributed by atoms with Gasteiger partial charge in [0.1, 0.15) is 0 Å². The normalized spacial score (nSPS) is 15.9. The van der Waals surface area contributed by atoms with Crippen LogP contribution >= 0.6 is 0 Å². The molecule has 2 heterocycles. The van der Waals surface area contributed by atoms with Crippen LogP contribution in [0.5, 0.6) is 0 Å². The van der Waals surface area contributed by atoms with E-state index in [1.54, 1.807) is 6.07 Å². The van der Waals surface area contributed by atoms with Gasteiger partial charge in [-0.05, 0) is 50.9 Å². The zero-order valence-electron chi connectivity index (χ0n) is 14.6. The van der Waals surface area contributed by atoms with E-state index in [0.29, 0.717) is 5.56 Å². The fourth-order valence-electron chi connectivity index (χ4n) is 3.91. The van der Waals surface area contributed by atoms with Gasteiger partial charge in [0.2, 0.25) is 0 Å². The van der Waals surface area contributed by atoms with Crippen molar-refractivity contribution in [1.82, 2.24) is 14.8 Å². The summed E-state index contributed by atoms with van der Waals surface area (Å²) in [5.41, 5.74) is 3.90. The summed E-state index contributed by atoms with van der Waals surface area (Å²) in [5.74, 6) is -0.836. The molecule has 0 atom stereocenters. The van der Waals surface area contributed by atoms with E-state index in [0.717, 1.165) is 63.0 Å². The summed E-state index contributed by atoms with van der Waals surface area (Å²) in [5, 5.41) is 13.9. The number of fused-ring (bicyclic) bond motifs is 1. The lowest BCUT2D eigenvalue weighted by Crippen LogP contribution is -2.43. The molecule has 0 saturated carbocycles. The maximum absolute atomic E-state index is 11.7. The van der Waals surface area contributed by atoms with Crippen molar-refractivity contribution >= 4 is 16.9 Å². The number of hydrogen-bond acceptors (Lipinski definition) is 3. The second-order valence-corrected chi connectivity index (χ2v) is 6.51. The Labute approximate surface area is 143 Å². The molecule has 1 aliphatic heterocycles. The number of rotatable bonds is 6. The van der Waals surface area contributed by atoms with Crippen molar-refractivity contribution in [2.24, 2.45) is 0 Å². The molecule has 0 unspecified atom stereocenters. The number of carboxylic acids is 1. The van der Waals surface area contributed by atoms with Crippen LogP contribution < -0.4 is 5.32 Å². The van der Waals surface area contributed by atoms with Gasteiger partial charge in [-0.25, -0.2) is 4.79 Å². The molecular formula is C19H27N3O2. The van der Waals surface area contributed by atoms with Crippen LogP contribution in [0.3, 0.4) is 0 Å². The van der Waals surface area contributed by atoms with Crippen molar-refractivity contribution < 1.29 is 9.90 Å². The van der Waals surface area contributed by atoms with Crippen LogP contribution in [0.25, 0.3) is 10.9 Å². The molecule has 3 rings (SSSR count). The highest BCUT2D eigenvalue weighted by atomic mass is 16.4. The highest BCUT2D eigenvalue weighted by molar-refractivity contribution is 6.05. The quantitative estimate of drug-likeness (QED) is 0.855. The Morgan fingerprint density at radius 1 is 1.29 bits per heavy atom. The van der Waals surface area contributed by atoms with Gasteiger partial charge in [0, 0.05) is 49.3 Å². The molecule has 1 fully saturated rings. The number of carboxylic acid groups (broad SMARTS) is 1. The molecule has 2 aromatic rings. The molecule has 0 amide bonds. The monoisotopic (exact) mass is 329 g/mol. The third-order valence-electron chi connectivity index (χ3n) is 5.13. The Bertz CT molecular complexity index is 730. The molecule has 1 saturated heterocycles. The van der Waals surface area contributed by atoms with E-state index in [1.807, 2.05) is 12.1 Å². The SMILES string of the molecule is CCn1c(C)c(CCCN2CCNCC2)c2c(C(=O)O)cccc21. The Kier molecular flexibility index (Phi) is 5.21. The molecule has 24 heavy (non-hydrogen) atoms. The van der Waals surface area contributed by atoms with Gasteiger partial charge < -0.3 is 19.9 Å². The van der Waals surface area contributed by atoms with Crippen molar-refractivity contribution in [2.45, 2.75) is 33.2 Å². The molecule has 0 bridgehead atoms. The lowest BCUT2D eigenvalue weighted by atomic mass is 10.0. The molecule has 5 heteroatoms. The van der Waals surface area contributed by atoms with E-state index in [4.69, 9.17) is 0 Å². The second kappa shape index (κ2) is 7.36. The Morgan fingerprint density at radius 2 is 2.04 bits per heavy atom. The number of nitrogens with zero attached hydrogens (tertiary/aromatic N) is 2. The molecule has 1 aromatic heterocycles. The first-order chi connectivity index (χ1) is 11.6. The fraction of sp³-hybridized carbons (Fsp3) is 0.526. The summed E-state index contributed by atoms with van der Waals surface area (Å²) in [6, 6.07) is 5.61. The third-order valence-corrected chi connectivity index (χ3v) is 5.13. The van der Waals surface area contributed by atoms with Crippen LogP contribution in [0.2, 0.25) is 0 Å². The topological polar surface area (TPSA) is 57.5 Å². The van der Waals surface area contributed by atoms with Crippen LogP contribution in [0, 0.1) is 6.92 Å². The average Bonchev–Trinajstić information content (AvgIpc) is 2.87. The lowest BCUT2D eigenvalue weighted by Gasteiger charge is -2.27. The van der Waals surface area contributed by atoms with E-state index in [9.17, 15) is 9.90 Å². The van der Waals surface area contributed by atoms with E-state index in [1.165, 1.54) is 11.3 Å². The van der Waals surface area contributed by atoms with Crippen LogP contribution in [0.4, 0.5) is 0 Å². The van der Waals surface area contributed by atoms with Crippen LogP contribution in [0.15, 0.2) is 18.2 Å². The van der Waals surface area contributed by atoms with Gasteiger partial charge in [-0.1, -0.05) is 6.07 Å². The number of aromatic nitrogens is 1. The predicted molar refractivity (Wildman–Crippen MR) is 96.9 cm³/mol. The van der Waals surface area contributed by atoms with Gasteiger partial charge in [0.25, 0.3) is 0 Å². The fourth-order valence-corrected chi connectivity index (χ4v) is 3.91. The zero-order chi connectivity index (χ0) is 17.1. The van der Waals surface area contributed by atoms with Gasteiger partial charge in [-0.3, -0.25) is 0 Å². The molecule has 1 aliphatic rings. The first kappa shape index (κ1) is 17.0.